The smallest absolute Gasteiger partial charge is 0.345 e. The molecule has 2 aromatic rings. The molecule has 4 aliphatic rings. The quantitative estimate of drug-likeness (QED) is 0.594. The second-order valence-corrected chi connectivity index (χ2v) is 9.84. The fraction of sp³-hybridized carbons (Fsp3) is 0.440. The Kier molecular flexibility index (Phi) is 5.03. The van der Waals surface area contributed by atoms with Crippen molar-refractivity contribution in [2.45, 2.75) is 50.5 Å². The minimum Gasteiger partial charge on any atom is -0.345 e. The maximum absolute atomic E-state index is 15.2. The summed E-state index contributed by atoms with van der Waals surface area (Å²) in [5, 5.41) is 5.07. The third kappa shape index (κ3) is 3.69. The van der Waals surface area contributed by atoms with E-state index in [9.17, 15) is 18.4 Å². The first-order chi connectivity index (χ1) is 15.6. The van der Waals surface area contributed by atoms with E-state index in [1.165, 1.54) is 25.1 Å². The molecule has 4 bridgehead atoms. The molecule has 0 radical (unpaired) electrons. The normalized spacial score (nSPS) is 27.6. The van der Waals surface area contributed by atoms with Crippen LogP contribution in [0.4, 0.5) is 23.2 Å². The number of alkyl halides is 2. The van der Waals surface area contributed by atoms with Crippen molar-refractivity contribution in [1.82, 2.24) is 5.32 Å². The van der Waals surface area contributed by atoms with Gasteiger partial charge in [-0.25, -0.2) is 8.78 Å². The Bertz CT molecular complexity index is 1140. The SMILES string of the molecule is Cc1cc(NC(=O)c2ccc(F)c(C(F)(F)C(=O)NC34C[C@@H]5CC3C[C@@H](C5)C4)c2)ccc1F. The van der Waals surface area contributed by atoms with Crippen molar-refractivity contribution in [3.8, 4) is 0 Å². The number of nitrogens with one attached hydrogen (secondary N) is 2. The summed E-state index contributed by atoms with van der Waals surface area (Å²) >= 11 is 0. The third-order valence-electron chi connectivity index (χ3n) is 7.62. The van der Waals surface area contributed by atoms with E-state index < -0.39 is 40.5 Å². The van der Waals surface area contributed by atoms with Crippen molar-refractivity contribution in [3.63, 3.8) is 0 Å². The van der Waals surface area contributed by atoms with Crippen LogP contribution in [0.25, 0.3) is 0 Å². The fourth-order valence-corrected chi connectivity index (χ4v) is 6.26. The van der Waals surface area contributed by atoms with Gasteiger partial charge in [-0.15, -0.1) is 0 Å². The van der Waals surface area contributed by atoms with Gasteiger partial charge in [0, 0.05) is 16.8 Å². The summed E-state index contributed by atoms with van der Waals surface area (Å²) in [5.41, 5.74) is -1.44. The summed E-state index contributed by atoms with van der Waals surface area (Å²) in [5.74, 6) is -7.05. The van der Waals surface area contributed by atoms with Gasteiger partial charge in [-0.3, -0.25) is 9.59 Å². The highest BCUT2D eigenvalue weighted by Gasteiger charge is 2.60. The maximum Gasteiger partial charge on any atom is 0.352 e. The lowest BCUT2D eigenvalue weighted by molar-refractivity contribution is -0.150. The molecule has 6 rings (SSSR count). The van der Waals surface area contributed by atoms with Gasteiger partial charge >= 0.3 is 5.92 Å². The number of hydrogen-bond acceptors (Lipinski definition) is 2. The molecule has 4 saturated carbocycles. The lowest BCUT2D eigenvalue weighted by Gasteiger charge is -2.35. The first-order valence-corrected chi connectivity index (χ1v) is 11.2. The molecule has 33 heavy (non-hydrogen) atoms. The largest absolute Gasteiger partial charge is 0.352 e. The number of carbonyl (C=O) groups excluding carboxylic acids is 2. The summed E-state index contributed by atoms with van der Waals surface area (Å²) < 4.78 is 58.2. The highest BCUT2D eigenvalue weighted by atomic mass is 19.3. The molecule has 0 spiro atoms. The minimum absolute atomic E-state index is 0.196. The van der Waals surface area contributed by atoms with Crippen LogP contribution in [-0.4, -0.2) is 17.4 Å². The average molecular weight is 460 g/mol. The first-order valence-electron chi connectivity index (χ1n) is 11.2. The van der Waals surface area contributed by atoms with E-state index in [4.69, 9.17) is 0 Å². The summed E-state index contributed by atoms with van der Waals surface area (Å²) in [4.78, 5) is 25.3. The van der Waals surface area contributed by atoms with Crippen molar-refractivity contribution >= 4 is 17.5 Å². The standard InChI is InChI=1S/C25H24F4N2O2/c1-13-6-18(3-5-20(13)26)30-22(32)16-2-4-21(27)19(10-16)25(28,29)23(33)31-24-11-14-7-15(12-24)9-17(24)8-14/h2-6,10,14-15,17H,7-9,11-12H2,1H3,(H,30,32)(H,31,33)/t14-,15+,17?,24?. The van der Waals surface area contributed by atoms with Gasteiger partial charge in [0.15, 0.2) is 0 Å². The lowest BCUT2D eigenvalue weighted by Crippen LogP contribution is -2.54. The number of hydrogen-bond donors (Lipinski definition) is 2. The highest BCUT2D eigenvalue weighted by Crippen LogP contribution is 2.60. The van der Waals surface area contributed by atoms with Gasteiger partial charge in [-0.1, -0.05) is 0 Å². The Morgan fingerprint density at radius 3 is 2.30 bits per heavy atom. The second-order valence-electron chi connectivity index (χ2n) is 9.84. The molecule has 0 aromatic heterocycles. The third-order valence-corrected chi connectivity index (χ3v) is 7.62. The van der Waals surface area contributed by atoms with Crippen molar-refractivity contribution in [2.24, 2.45) is 17.8 Å². The zero-order chi connectivity index (χ0) is 23.5. The number of aryl methyl sites for hydroxylation is 1. The first kappa shape index (κ1) is 21.9. The zero-order valence-electron chi connectivity index (χ0n) is 18.1. The maximum atomic E-state index is 15.2. The number of halogens is 4. The summed E-state index contributed by atoms with van der Waals surface area (Å²) in [6, 6.07) is 6.41. The number of rotatable bonds is 5. The van der Waals surface area contributed by atoms with E-state index in [1.807, 2.05) is 0 Å². The van der Waals surface area contributed by atoms with Gasteiger partial charge in [0.05, 0.1) is 5.56 Å². The van der Waals surface area contributed by atoms with Gasteiger partial charge in [0.25, 0.3) is 11.8 Å². The van der Waals surface area contributed by atoms with Gasteiger partial charge in [-0.05, 0) is 98.7 Å². The second kappa shape index (κ2) is 7.57. The molecule has 4 atom stereocenters. The van der Waals surface area contributed by atoms with E-state index in [2.05, 4.69) is 10.6 Å². The molecule has 2 amide bonds. The Morgan fingerprint density at radius 1 is 0.970 bits per heavy atom. The summed E-state index contributed by atoms with van der Waals surface area (Å²) in [7, 11) is 0. The van der Waals surface area contributed by atoms with Gasteiger partial charge in [0.1, 0.15) is 11.6 Å². The van der Waals surface area contributed by atoms with Crippen LogP contribution in [0.1, 0.15) is 53.6 Å². The lowest BCUT2D eigenvalue weighted by atomic mass is 9.80. The van der Waals surface area contributed by atoms with Crippen LogP contribution in [0.15, 0.2) is 36.4 Å². The summed E-state index contributed by atoms with van der Waals surface area (Å²) in [6.45, 7) is 1.52. The molecule has 2 unspecified atom stereocenters. The number of benzene rings is 2. The number of carbonyl (C=O) groups is 2. The van der Waals surface area contributed by atoms with Crippen molar-refractivity contribution in [2.75, 3.05) is 5.32 Å². The van der Waals surface area contributed by atoms with Crippen LogP contribution in [0.2, 0.25) is 0 Å². The zero-order valence-corrected chi connectivity index (χ0v) is 18.1. The summed E-state index contributed by atoms with van der Waals surface area (Å²) in [6.07, 6.45) is 4.35. The number of amides is 2. The van der Waals surface area contributed by atoms with Crippen LogP contribution >= 0.6 is 0 Å². The van der Waals surface area contributed by atoms with Gasteiger partial charge in [-0.2, -0.15) is 8.78 Å². The van der Waals surface area contributed by atoms with Crippen LogP contribution in [0.3, 0.4) is 0 Å². The molecule has 4 fully saturated rings. The Hall–Kier alpha value is -2.90. The van der Waals surface area contributed by atoms with E-state index in [-0.39, 0.29) is 17.2 Å². The Labute approximate surface area is 188 Å². The molecule has 8 heteroatoms. The molecule has 2 N–H and O–H groups in total. The molecular weight excluding hydrogens is 436 g/mol. The van der Waals surface area contributed by atoms with Crippen LogP contribution in [0, 0.1) is 36.3 Å². The molecule has 4 nitrogen and oxygen atoms in total. The molecule has 4 aliphatic carbocycles. The number of anilines is 1. The van der Waals surface area contributed by atoms with E-state index in [0.717, 1.165) is 31.4 Å². The monoisotopic (exact) mass is 460 g/mol. The Balaban J connectivity index is 1.37. The average Bonchev–Trinajstić information content (AvgIpc) is 3.13. The van der Waals surface area contributed by atoms with E-state index in [0.29, 0.717) is 36.3 Å². The van der Waals surface area contributed by atoms with Gasteiger partial charge in [0.2, 0.25) is 0 Å². The van der Waals surface area contributed by atoms with Crippen LogP contribution in [0.5, 0.6) is 0 Å². The van der Waals surface area contributed by atoms with E-state index >= 15 is 8.78 Å². The molecule has 2 aromatic carbocycles. The molecule has 0 aliphatic heterocycles. The van der Waals surface area contributed by atoms with Crippen LogP contribution < -0.4 is 10.6 Å². The topological polar surface area (TPSA) is 58.2 Å². The van der Waals surface area contributed by atoms with Crippen LogP contribution in [-0.2, 0) is 10.7 Å². The predicted octanol–water partition coefficient (Wildman–Crippen LogP) is 5.31. The Morgan fingerprint density at radius 2 is 1.64 bits per heavy atom. The minimum atomic E-state index is -4.14. The van der Waals surface area contributed by atoms with E-state index in [1.54, 1.807) is 0 Å². The molecule has 174 valence electrons. The van der Waals surface area contributed by atoms with Gasteiger partial charge < -0.3 is 10.6 Å². The molecule has 0 heterocycles. The molecular formula is C25H24F4N2O2. The molecule has 0 saturated heterocycles. The van der Waals surface area contributed by atoms with Crippen molar-refractivity contribution < 1.29 is 27.2 Å². The van der Waals surface area contributed by atoms with Crippen molar-refractivity contribution in [3.05, 3.63) is 64.7 Å². The van der Waals surface area contributed by atoms with Crippen molar-refractivity contribution in [1.29, 1.82) is 0 Å². The highest BCUT2D eigenvalue weighted by molar-refractivity contribution is 6.04. The fourth-order valence-electron chi connectivity index (χ4n) is 6.26. The predicted molar refractivity (Wildman–Crippen MR) is 114 cm³/mol.